The standard InChI is InChI=1S/C21H24N4O4/c1-15-4-3-5-19(16(15)2)22-20(26)14-23-10-12-24(13-11-23)21(27)17-6-8-18(9-7-17)25(28)29/h3-9H,10-14H2,1-2H3,(H,22,26)/p+1. The summed E-state index contributed by atoms with van der Waals surface area (Å²) in [4.78, 5) is 38.1. The topological polar surface area (TPSA) is 97.0 Å². The lowest BCUT2D eigenvalue weighted by Crippen LogP contribution is -3.15. The summed E-state index contributed by atoms with van der Waals surface area (Å²) in [5, 5.41) is 13.7. The molecule has 2 aromatic carbocycles. The third kappa shape index (κ3) is 4.97. The van der Waals surface area contributed by atoms with Crippen LogP contribution in [-0.4, -0.2) is 54.4 Å². The van der Waals surface area contributed by atoms with E-state index in [2.05, 4.69) is 5.32 Å². The highest BCUT2D eigenvalue weighted by Gasteiger charge is 2.26. The molecule has 1 saturated heterocycles. The lowest BCUT2D eigenvalue weighted by molar-refractivity contribution is -0.895. The Hall–Kier alpha value is -3.26. The van der Waals surface area contributed by atoms with Crippen LogP contribution in [0.4, 0.5) is 11.4 Å². The molecule has 0 aliphatic carbocycles. The second-order valence-corrected chi connectivity index (χ2v) is 7.32. The minimum atomic E-state index is -0.486. The van der Waals surface area contributed by atoms with Crippen LogP contribution in [0.3, 0.4) is 0 Å². The molecule has 1 aliphatic rings. The average molecular weight is 397 g/mol. The van der Waals surface area contributed by atoms with E-state index in [9.17, 15) is 19.7 Å². The van der Waals surface area contributed by atoms with E-state index in [1.165, 1.54) is 24.3 Å². The molecular formula is C21H25N4O4+. The third-order valence-electron chi connectivity index (χ3n) is 5.37. The van der Waals surface area contributed by atoms with Crippen molar-refractivity contribution in [2.45, 2.75) is 13.8 Å². The molecule has 0 unspecified atom stereocenters. The molecule has 0 bridgehead atoms. The smallest absolute Gasteiger partial charge is 0.279 e. The zero-order chi connectivity index (χ0) is 21.0. The van der Waals surface area contributed by atoms with E-state index in [-0.39, 0.29) is 17.5 Å². The summed E-state index contributed by atoms with van der Waals surface area (Å²) >= 11 is 0. The number of nitrogens with zero attached hydrogens (tertiary/aromatic N) is 2. The summed E-state index contributed by atoms with van der Waals surface area (Å²) in [7, 11) is 0. The van der Waals surface area contributed by atoms with Crippen LogP contribution in [0.2, 0.25) is 0 Å². The van der Waals surface area contributed by atoms with Gasteiger partial charge in [0.2, 0.25) is 0 Å². The van der Waals surface area contributed by atoms with Gasteiger partial charge in [-0.1, -0.05) is 12.1 Å². The van der Waals surface area contributed by atoms with Gasteiger partial charge in [-0.15, -0.1) is 0 Å². The van der Waals surface area contributed by atoms with Crippen LogP contribution in [-0.2, 0) is 4.79 Å². The number of non-ortho nitro benzene ring substituents is 1. The first kappa shape index (κ1) is 20.5. The van der Waals surface area contributed by atoms with Gasteiger partial charge >= 0.3 is 0 Å². The maximum atomic E-state index is 12.6. The number of carbonyl (C=O) groups is 2. The van der Waals surface area contributed by atoms with Crippen molar-refractivity contribution in [1.82, 2.24) is 4.90 Å². The lowest BCUT2D eigenvalue weighted by atomic mass is 10.1. The molecule has 2 amide bonds. The van der Waals surface area contributed by atoms with Crippen LogP contribution in [0.1, 0.15) is 21.5 Å². The molecule has 0 aromatic heterocycles. The summed E-state index contributed by atoms with van der Waals surface area (Å²) in [6, 6.07) is 11.5. The molecule has 2 aromatic rings. The molecule has 1 fully saturated rings. The summed E-state index contributed by atoms with van der Waals surface area (Å²) in [6.45, 7) is 6.80. The van der Waals surface area contributed by atoms with Gasteiger partial charge < -0.3 is 15.1 Å². The number of carbonyl (C=O) groups excluding carboxylic acids is 2. The summed E-state index contributed by atoms with van der Waals surface area (Å²) in [6.07, 6.45) is 0. The highest BCUT2D eigenvalue weighted by Crippen LogP contribution is 2.17. The fourth-order valence-corrected chi connectivity index (χ4v) is 3.42. The van der Waals surface area contributed by atoms with E-state index in [0.717, 1.165) is 21.7 Å². The lowest BCUT2D eigenvalue weighted by Gasteiger charge is -2.32. The van der Waals surface area contributed by atoms with Crippen LogP contribution >= 0.6 is 0 Å². The van der Waals surface area contributed by atoms with Gasteiger partial charge in [-0.2, -0.15) is 0 Å². The third-order valence-corrected chi connectivity index (χ3v) is 5.37. The Labute approximate surface area is 169 Å². The van der Waals surface area contributed by atoms with Crippen LogP contribution in [0.25, 0.3) is 0 Å². The minimum Gasteiger partial charge on any atom is -0.327 e. The number of aryl methyl sites for hydroxylation is 1. The number of rotatable bonds is 5. The van der Waals surface area contributed by atoms with Gasteiger partial charge in [-0.05, 0) is 43.2 Å². The van der Waals surface area contributed by atoms with E-state index < -0.39 is 4.92 Å². The van der Waals surface area contributed by atoms with Gasteiger partial charge in [0.1, 0.15) is 0 Å². The maximum Gasteiger partial charge on any atom is 0.279 e. The zero-order valence-electron chi connectivity index (χ0n) is 16.6. The van der Waals surface area contributed by atoms with Gasteiger partial charge in [0.25, 0.3) is 17.5 Å². The molecule has 0 atom stereocenters. The number of nitrogens with one attached hydrogen (secondary N) is 2. The first-order valence-corrected chi connectivity index (χ1v) is 9.58. The Morgan fingerprint density at radius 1 is 1.10 bits per heavy atom. The second kappa shape index (κ2) is 8.83. The van der Waals surface area contributed by atoms with E-state index in [0.29, 0.717) is 38.3 Å². The summed E-state index contributed by atoms with van der Waals surface area (Å²) in [5.74, 6) is -0.178. The molecule has 0 radical (unpaired) electrons. The second-order valence-electron chi connectivity index (χ2n) is 7.32. The van der Waals surface area contributed by atoms with Crippen molar-refractivity contribution in [2.24, 2.45) is 0 Å². The number of hydrogen-bond donors (Lipinski definition) is 2. The molecule has 1 heterocycles. The van der Waals surface area contributed by atoms with E-state index in [1.807, 2.05) is 32.0 Å². The molecule has 8 nitrogen and oxygen atoms in total. The first-order valence-electron chi connectivity index (χ1n) is 9.58. The average Bonchev–Trinajstić information content (AvgIpc) is 2.71. The van der Waals surface area contributed by atoms with Crippen molar-refractivity contribution in [3.63, 3.8) is 0 Å². The van der Waals surface area contributed by atoms with Crippen LogP contribution in [0, 0.1) is 24.0 Å². The zero-order valence-corrected chi connectivity index (χ0v) is 16.6. The van der Waals surface area contributed by atoms with Gasteiger partial charge in [-0.25, -0.2) is 0 Å². The first-order chi connectivity index (χ1) is 13.8. The Bertz CT molecular complexity index is 919. The van der Waals surface area contributed by atoms with Gasteiger partial charge in [0.05, 0.1) is 31.1 Å². The number of nitro benzene ring substituents is 1. The molecular weight excluding hydrogens is 372 g/mol. The molecule has 1 aliphatic heterocycles. The maximum absolute atomic E-state index is 12.6. The predicted octanol–water partition coefficient (Wildman–Crippen LogP) is 1.19. The van der Waals surface area contributed by atoms with E-state index in [1.54, 1.807) is 4.90 Å². The Kier molecular flexibility index (Phi) is 6.23. The van der Waals surface area contributed by atoms with Crippen molar-refractivity contribution in [1.29, 1.82) is 0 Å². The van der Waals surface area contributed by atoms with Gasteiger partial charge in [-0.3, -0.25) is 19.7 Å². The normalized spacial score (nSPS) is 14.5. The SMILES string of the molecule is Cc1cccc(NC(=O)C[NH+]2CCN(C(=O)c3ccc([N+](=O)[O-])cc3)CC2)c1C. The Morgan fingerprint density at radius 2 is 1.76 bits per heavy atom. The molecule has 0 saturated carbocycles. The highest BCUT2D eigenvalue weighted by molar-refractivity contribution is 5.94. The summed E-state index contributed by atoms with van der Waals surface area (Å²) < 4.78 is 0. The predicted molar refractivity (Wildman–Crippen MR) is 109 cm³/mol. The van der Waals surface area contributed by atoms with Crippen molar-refractivity contribution in [3.05, 3.63) is 69.3 Å². The molecule has 3 rings (SSSR count). The van der Waals surface area contributed by atoms with Crippen LogP contribution in [0.15, 0.2) is 42.5 Å². The van der Waals surface area contributed by atoms with Crippen LogP contribution in [0.5, 0.6) is 0 Å². The largest absolute Gasteiger partial charge is 0.327 e. The fourth-order valence-electron chi connectivity index (χ4n) is 3.42. The Morgan fingerprint density at radius 3 is 2.38 bits per heavy atom. The van der Waals surface area contributed by atoms with Gasteiger partial charge in [0.15, 0.2) is 6.54 Å². The number of hydrogen-bond acceptors (Lipinski definition) is 4. The van der Waals surface area contributed by atoms with Crippen molar-refractivity contribution < 1.29 is 19.4 Å². The molecule has 2 N–H and O–H groups in total. The molecule has 29 heavy (non-hydrogen) atoms. The molecule has 0 spiro atoms. The Balaban J connectivity index is 1.51. The monoisotopic (exact) mass is 397 g/mol. The number of piperazine rings is 1. The highest BCUT2D eigenvalue weighted by atomic mass is 16.6. The quantitative estimate of drug-likeness (QED) is 0.585. The molecule has 8 heteroatoms. The van der Waals surface area contributed by atoms with Crippen molar-refractivity contribution >= 4 is 23.2 Å². The van der Waals surface area contributed by atoms with Crippen molar-refractivity contribution in [2.75, 3.05) is 38.0 Å². The van der Waals surface area contributed by atoms with Crippen molar-refractivity contribution in [3.8, 4) is 0 Å². The van der Waals surface area contributed by atoms with Crippen LogP contribution < -0.4 is 10.2 Å². The number of nitro groups is 1. The van der Waals surface area contributed by atoms with E-state index >= 15 is 0 Å². The van der Waals surface area contributed by atoms with Gasteiger partial charge in [0, 0.05) is 23.4 Å². The number of amides is 2. The number of anilines is 1. The minimum absolute atomic E-state index is 0.0364. The number of benzene rings is 2. The fraction of sp³-hybridized carbons (Fsp3) is 0.333. The number of quaternary nitrogens is 1. The molecule has 152 valence electrons. The summed E-state index contributed by atoms with van der Waals surface area (Å²) in [5.41, 5.74) is 3.43. The van der Waals surface area contributed by atoms with E-state index in [4.69, 9.17) is 0 Å².